The molecule has 2 aliphatic heterocycles. The van der Waals surface area contributed by atoms with Gasteiger partial charge in [0.25, 0.3) is 5.56 Å². The minimum atomic E-state index is -2.03. The highest BCUT2D eigenvalue weighted by Gasteiger charge is 2.73. The number of fused-ring (bicyclic) bond motifs is 3. The van der Waals surface area contributed by atoms with Crippen molar-refractivity contribution in [1.82, 2.24) is 9.55 Å². The Hall–Kier alpha value is -4.12. The maximum atomic E-state index is 13.8. The van der Waals surface area contributed by atoms with Crippen molar-refractivity contribution in [2.75, 3.05) is 13.2 Å². The van der Waals surface area contributed by atoms with E-state index in [9.17, 15) is 9.59 Å². The molecule has 0 saturated carbocycles. The maximum absolute atomic E-state index is 13.8. The van der Waals surface area contributed by atoms with Gasteiger partial charge in [0.05, 0.1) is 25.4 Å². The van der Waals surface area contributed by atoms with Gasteiger partial charge in [-0.15, -0.1) is 0 Å². The van der Waals surface area contributed by atoms with Crippen LogP contribution in [0.1, 0.15) is 26.3 Å². The zero-order valence-electron chi connectivity index (χ0n) is 26.1. The van der Waals surface area contributed by atoms with E-state index >= 15 is 0 Å². The molecule has 1 aromatic heterocycles. The van der Waals surface area contributed by atoms with E-state index < -0.39 is 48.8 Å². The van der Waals surface area contributed by atoms with Crippen LogP contribution >= 0.6 is 0 Å². The normalized spacial score (nSPS) is 24.2. The predicted octanol–water partition coefficient (Wildman–Crippen LogP) is 3.76. The van der Waals surface area contributed by atoms with Gasteiger partial charge in [0.2, 0.25) is 0 Å². The van der Waals surface area contributed by atoms with Gasteiger partial charge in [-0.2, -0.15) is 0 Å². The minimum Gasteiger partial charge on any atom is -0.373 e. The monoisotopic (exact) mass is 633 g/mol. The SMILES string of the molecule is CC(C)(C)OC[C@]12CO[C@H]([C@@H]1OCc1cccc3ccccc13)[C@@](n1ccc(=O)[nH]c1=O)([Si](c1ccccc1)c1ccccc1)O2. The van der Waals surface area contributed by atoms with Gasteiger partial charge in [-0.1, -0.05) is 114 Å². The first-order valence-electron chi connectivity index (χ1n) is 15.5. The van der Waals surface area contributed by atoms with Crippen molar-refractivity contribution < 1.29 is 18.9 Å². The van der Waals surface area contributed by atoms with Gasteiger partial charge in [-0.05, 0) is 37.1 Å². The van der Waals surface area contributed by atoms with E-state index in [0.717, 1.165) is 26.7 Å². The lowest BCUT2D eigenvalue weighted by Crippen LogP contribution is -2.70. The van der Waals surface area contributed by atoms with E-state index in [4.69, 9.17) is 18.9 Å². The molecule has 2 bridgehead atoms. The number of ether oxygens (including phenoxy) is 4. The van der Waals surface area contributed by atoms with Crippen molar-refractivity contribution in [3.8, 4) is 0 Å². The fraction of sp³-hybridized carbons (Fsp3) is 0.297. The van der Waals surface area contributed by atoms with Crippen LogP contribution in [-0.2, 0) is 30.9 Å². The second-order valence-electron chi connectivity index (χ2n) is 13.0. The van der Waals surface area contributed by atoms with Crippen LogP contribution in [0.25, 0.3) is 10.8 Å². The summed E-state index contributed by atoms with van der Waals surface area (Å²) in [4.78, 5) is 28.7. The van der Waals surface area contributed by atoms with Crippen LogP contribution in [-0.4, -0.2) is 55.0 Å². The highest BCUT2D eigenvalue weighted by atomic mass is 28.3. The summed E-state index contributed by atoms with van der Waals surface area (Å²) in [6.07, 6.45) is 0.228. The summed E-state index contributed by atoms with van der Waals surface area (Å²) < 4.78 is 29.0. The van der Waals surface area contributed by atoms with E-state index in [1.165, 1.54) is 16.8 Å². The number of H-pyrrole nitrogens is 1. The Kier molecular flexibility index (Phi) is 7.90. The molecule has 0 unspecified atom stereocenters. The quantitative estimate of drug-likeness (QED) is 0.249. The zero-order chi connectivity index (χ0) is 31.9. The van der Waals surface area contributed by atoms with Gasteiger partial charge in [0, 0.05) is 12.3 Å². The van der Waals surface area contributed by atoms with Crippen LogP contribution in [0.3, 0.4) is 0 Å². The Bertz CT molecular complexity index is 1910. The molecule has 0 amide bonds. The molecular weight excluding hydrogens is 597 g/mol. The number of nitrogens with zero attached hydrogens (tertiary/aromatic N) is 1. The van der Waals surface area contributed by atoms with Crippen molar-refractivity contribution in [3.63, 3.8) is 0 Å². The number of aromatic amines is 1. The van der Waals surface area contributed by atoms with E-state index in [1.807, 2.05) is 75.4 Å². The average Bonchev–Trinajstić information content (AvgIpc) is 3.54. The molecule has 1 N–H and O–H groups in total. The minimum absolute atomic E-state index is 0.186. The highest BCUT2D eigenvalue weighted by molar-refractivity contribution is 6.86. The number of rotatable bonds is 9. The van der Waals surface area contributed by atoms with Gasteiger partial charge in [-0.3, -0.25) is 14.3 Å². The number of aromatic nitrogens is 2. The molecule has 5 aromatic rings. The Morgan fingerprint density at radius 3 is 2.20 bits per heavy atom. The van der Waals surface area contributed by atoms with Crippen LogP contribution in [0.15, 0.2) is 125 Å². The molecule has 0 spiro atoms. The summed E-state index contributed by atoms with van der Waals surface area (Å²) in [5.74, 6) is 0. The molecule has 4 atom stereocenters. The summed E-state index contributed by atoms with van der Waals surface area (Å²) >= 11 is 0. The average molecular weight is 634 g/mol. The molecule has 2 fully saturated rings. The lowest BCUT2D eigenvalue weighted by Gasteiger charge is -2.45. The van der Waals surface area contributed by atoms with E-state index in [-0.39, 0.29) is 13.2 Å². The third kappa shape index (κ3) is 5.38. The smallest absolute Gasteiger partial charge is 0.330 e. The van der Waals surface area contributed by atoms with Gasteiger partial charge in [-0.25, -0.2) is 4.79 Å². The molecule has 8 nitrogen and oxygen atoms in total. The maximum Gasteiger partial charge on any atom is 0.330 e. The van der Waals surface area contributed by atoms with E-state index in [1.54, 1.807) is 0 Å². The van der Waals surface area contributed by atoms with Crippen molar-refractivity contribution in [2.45, 2.75) is 56.1 Å². The van der Waals surface area contributed by atoms with E-state index in [0.29, 0.717) is 6.61 Å². The topological polar surface area (TPSA) is 91.8 Å². The summed E-state index contributed by atoms with van der Waals surface area (Å²) in [7, 11) is -2.03. The van der Waals surface area contributed by atoms with Crippen molar-refractivity contribution in [3.05, 3.63) is 142 Å². The number of nitrogens with one attached hydrogen (secondary N) is 1. The third-order valence-electron chi connectivity index (χ3n) is 8.76. The van der Waals surface area contributed by atoms with Crippen molar-refractivity contribution in [1.29, 1.82) is 0 Å². The second kappa shape index (κ2) is 11.9. The summed E-state index contributed by atoms with van der Waals surface area (Å²) in [5, 5.41) is 2.93. The largest absolute Gasteiger partial charge is 0.373 e. The molecule has 9 heteroatoms. The summed E-state index contributed by atoms with van der Waals surface area (Å²) in [6.45, 7) is 6.72. The Labute approximate surface area is 269 Å². The first-order chi connectivity index (χ1) is 22.2. The van der Waals surface area contributed by atoms with Gasteiger partial charge in [0.1, 0.15) is 17.8 Å². The van der Waals surface area contributed by atoms with Crippen LogP contribution in [0.5, 0.6) is 0 Å². The molecule has 4 aromatic carbocycles. The Morgan fingerprint density at radius 1 is 0.870 bits per heavy atom. The number of hydrogen-bond donors (Lipinski definition) is 1. The molecular formula is C37H37N2O6Si. The predicted molar refractivity (Wildman–Crippen MR) is 179 cm³/mol. The third-order valence-corrected chi connectivity index (χ3v) is 11.9. The molecule has 46 heavy (non-hydrogen) atoms. The fourth-order valence-corrected chi connectivity index (χ4v) is 10.2. The molecule has 0 aliphatic carbocycles. The lowest BCUT2D eigenvalue weighted by atomic mass is 9.99. The lowest BCUT2D eigenvalue weighted by molar-refractivity contribution is -0.228. The molecule has 1 radical (unpaired) electrons. The first kappa shape index (κ1) is 30.5. The molecule has 235 valence electrons. The van der Waals surface area contributed by atoms with Crippen LogP contribution in [0.4, 0.5) is 0 Å². The van der Waals surface area contributed by atoms with Gasteiger partial charge >= 0.3 is 5.69 Å². The number of benzene rings is 4. The van der Waals surface area contributed by atoms with Crippen LogP contribution in [0, 0.1) is 0 Å². The van der Waals surface area contributed by atoms with Gasteiger partial charge in [0.15, 0.2) is 14.1 Å². The summed E-state index contributed by atoms with van der Waals surface area (Å²) in [6, 6.07) is 36.0. The Morgan fingerprint density at radius 2 is 1.52 bits per heavy atom. The highest BCUT2D eigenvalue weighted by Crippen LogP contribution is 2.51. The van der Waals surface area contributed by atoms with Gasteiger partial charge < -0.3 is 18.9 Å². The first-order valence-corrected chi connectivity index (χ1v) is 17.0. The van der Waals surface area contributed by atoms with Crippen LogP contribution < -0.4 is 21.6 Å². The summed E-state index contributed by atoms with van der Waals surface area (Å²) in [5.41, 5.74) is -1.53. The molecule has 2 saturated heterocycles. The van der Waals surface area contributed by atoms with Crippen molar-refractivity contribution in [2.24, 2.45) is 0 Å². The molecule has 2 aliphatic rings. The van der Waals surface area contributed by atoms with Crippen molar-refractivity contribution >= 4 is 29.9 Å². The fourth-order valence-electron chi connectivity index (χ4n) is 6.75. The molecule has 3 heterocycles. The standard InChI is InChI=1S/C37H37N2O6Si/c1-35(2,3)44-25-36-24-43-33(32(36)42-23-27-15-12-14-26-13-10-11-20-30(26)27)37(45-36,39-22-21-31(40)38-34(39)41)46(28-16-6-4-7-17-28)29-18-8-5-9-19-29/h4-22,32-33H,23-25H2,1-3H3,(H,38,40,41)/t32-,33+,36+,37-/m0/s1. The van der Waals surface area contributed by atoms with E-state index in [2.05, 4.69) is 53.5 Å². The Balaban J connectivity index is 1.42. The van der Waals surface area contributed by atoms with Crippen LogP contribution in [0.2, 0.25) is 0 Å². The second-order valence-corrected chi connectivity index (χ2v) is 15.6. The number of hydrogen-bond acceptors (Lipinski definition) is 6. The molecule has 7 rings (SSSR count). The zero-order valence-corrected chi connectivity index (χ0v) is 27.1.